The summed E-state index contributed by atoms with van der Waals surface area (Å²) in [5.74, 6) is 4.77. The van der Waals surface area contributed by atoms with Gasteiger partial charge in [-0.25, -0.2) is 0 Å². The van der Waals surface area contributed by atoms with Crippen LogP contribution in [0.1, 0.15) is 58.3 Å². The number of anilines is 2. The number of nitrogens with one attached hydrogen (secondary N) is 2. The molecule has 1 aromatic heterocycles. The van der Waals surface area contributed by atoms with Crippen molar-refractivity contribution in [1.29, 1.82) is 0 Å². The lowest BCUT2D eigenvalue weighted by molar-refractivity contribution is -0.655. The van der Waals surface area contributed by atoms with Crippen LogP contribution < -0.4 is 15.2 Å². The third-order valence-electron chi connectivity index (χ3n) is 7.84. The summed E-state index contributed by atoms with van der Waals surface area (Å²) < 4.78 is 2.43. The Morgan fingerprint density at radius 2 is 1.26 bits per heavy atom. The normalized spacial score (nSPS) is 12.5. The van der Waals surface area contributed by atoms with Gasteiger partial charge in [0.15, 0.2) is 0 Å². The highest BCUT2D eigenvalue weighted by molar-refractivity contribution is 6.10. The van der Waals surface area contributed by atoms with Crippen molar-refractivity contribution in [1.82, 2.24) is 0 Å². The van der Waals surface area contributed by atoms with Crippen LogP contribution >= 0.6 is 0 Å². The van der Waals surface area contributed by atoms with E-state index in [1.165, 1.54) is 32.9 Å². The van der Waals surface area contributed by atoms with E-state index in [0.717, 1.165) is 69.5 Å². The second-order valence-electron chi connectivity index (χ2n) is 10.9. The van der Waals surface area contributed by atoms with Crippen LogP contribution in [-0.4, -0.2) is 35.5 Å². The van der Waals surface area contributed by atoms with Crippen LogP contribution in [0.25, 0.3) is 32.9 Å². The van der Waals surface area contributed by atoms with Gasteiger partial charge in [0, 0.05) is 41.5 Å². The minimum Gasteiger partial charge on any atom is -0.385 e. The van der Waals surface area contributed by atoms with E-state index in [-0.39, 0.29) is 0 Å². The van der Waals surface area contributed by atoms with Gasteiger partial charge in [-0.15, -0.1) is 12.8 Å². The highest BCUT2D eigenvalue weighted by atomic mass is 16.3. The SMILES string of the molecule is C#CC(O)CCCCCNc1ccc2c(c1)c(-c1ccccc1)[n+](CC)c1cc(NCCCCCC(O)C#C)ccc21. The predicted molar refractivity (Wildman–Crippen MR) is 176 cm³/mol. The number of pyridine rings is 1. The van der Waals surface area contributed by atoms with Crippen molar-refractivity contribution in [3.8, 4) is 35.9 Å². The Kier molecular flexibility index (Phi) is 11.7. The van der Waals surface area contributed by atoms with E-state index in [1.54, 1.807) is 0 Å². The molecule has 0 saturated heterocycles. The van der Waals surface area contributed by atoms with Gasteiger partial charge in [-0.1, -0.05) is 48.9 Å². The molecule has 0 aliphatic rings. The highest BCUT2D eigenvalue weighted by Crippen LogP contribution is 2.34. The molecule has 0 bridgehead atoms. The number of aliphatic hydroxyl groups is 2. The lowest BCUT2D eigenvalue weighted by Crippen LogP contribution is -2.36. The van der Waals surface area contributed by atoms with E-state index >= 15 is 0 Å². The number of aliphatic hydroxyl groups excluding tert-OH is 2. The molecular formula is C37H44N3O2+. The Balaban J connectivity index is 1.58. The molecule has 0 aliphatic carbocycles. The maximum atomic E-state index is 9.57. The smallest absolute Gasteiger partial charge is 0.220 e. The Bertz CT molecular complexity index is 1530. The van der Waals surface area contributed by atoms with Crippen molar-refractivity contribution >= 4 is 33.1 Å². The summed E-state index contributed by atoms with van der Waals surface area (Å²) in [5, 5.41) is 30.0. The zero-order chi connectivity index (χ0) is 29.7. The van der Waals surface area contributed by atoms with Gasteiger partial charge in [0.1, 0.15) is 18.8 Å². The zero-order valence-electron chi connectivity index (χ0n) is 24.8. The van der Waals surface area contributed by atoms with Crippen LogP contribution in [0.3, 0.4) is 0 Å². The topological polar surface area (TPSA) is 68.4 Å². The number of hydrogen-bond acceptors (Lipinski definition) is 4. The van der Waals surface area contributed by atoms with Crippen LogP contribution in [0.5, 0.6) is 0 Å². The third-order valence-corrected chi connectivity index (χ3v) is 7.84. The van der Waals surface area contributed by atoms with E-state index in [0.29, 0.717) is 12.8 Å². The van der Waals surface area contributed by atoms with Crippen molar-refractivity contribution in [2.75, 3.05) is 23.7 Å². The second-order valence-corrected chi connectivity index (χ2v) is 10.9. The van der Waals surface area contributed by atoms with Gasteiger partial charge in [-0.2, -0.15) is 4.57 Å². The van der Waals surface area contributed by atoms with E-state index in [9.17, 15) is 10.2 Å². The number of aryl methyl sites for hydroxylation is 1. The second kappa shape index (κ2) is 15.8. The van der Waals surface area contributed by atoms with Crippen molar-refractivity contribution < 1.29 is 14.8 Å². The van der Waals surface area contributed by atoms with E-state index < -0.39 is 12.2 Å². The molecule has 4 N–H and O–H groups in total. The number of rotatable bonds is 16. The maximum absolute atomic E-state index is 9.57. The molecule has 4 aromatic rings. The summed E-state index contributed by atoms with van der Waals surface area (Å²) in [6, 6.07) is 24.0. The Labute approximate surface area is 251 Å². The first-order valence-electron chi connectivity index (χ1n) is 15.3. The molecule has 1 heterocycles. The predicted octanol–water partition coefficient (Wildman–Crippen LogP) is 6.90. The van der Waals surface area contributed by atoms with E-state index in [2.05, 4.69) is 101 Å². The van der Waals surface area contributed by atoms with Crippen LogP contribution in [-0.2, 0) is 6.54 Å². The number of aromatic nitrogens is 1. The lowest BCUT2D eigenvalue weighted by atomic mass is 9.98. The Morgan fingerprint density at radius 1 is 0.690 bits per heavy atom. The average Bonchev–Trinajstić information content (AvgIpc) is 3.03. The molecule has 0 saturated carbocycles. The van der Waals surface area contributed by atoms with Gasteiger partial charge in [0.2, 0.25) is 11.2 Å². The summed E-state index contributed by atoms with van der Waals surface area (Å²) in [4.78, 5) is 0. The van der Waals surface area contributed by atoms with Crippen molar-refractivity contribution in [2.24, 2.45) is 0 Å². The number of unbranched alkanes of at least 4 members (excludes halogenated alkanes) is 4. The molecule has 5 heteroatoms. The van der Waals surface area contributed by atoms with Crippen molar-refractivity contribution in [2.45, 2.75) is 77.0 Å². The largest absolute Gasteiger partial charge is 0.385 e. The van der Waals surface area contributed by atoms with Gasteiger partial charge in [0.05, 0.1) is 10.8 Å². The van der Waals surface area contributed by atoms with Gasteiger partial charge in [-0.3, -0.25) is 0 Å². The molecule has 218 valence electrons. The lowest BCUT2D eigenvalue weighted by Gasteiger charge is -2.15. The standard InChI is InChI=1S/C37H43N3O2/c1-4-31(41)18-12-8-14-24-38-29-20-22-33-34-23-21-30(39-25-15-9-13-19-32(42)5-2)27-36(34)40(6-3)37(35(33)26-29)28-16-10-7-11-17-28/h1-2,7,10-11,16-17,20-23,26-27,31-32,38,41-42H,6,8-9,12-15,18-19,24-25H2,3H3/p+1. The monoisotopic (exact) mass is 562 g/mol. The van der Waals surface area contributed by atoms with Crippen LogP contribution in [0.2, 0.25) is 0 Å². The van der Waals surface area contributed by atoms with Gasteiger partial charge in [-0.05, 0) is 81.8 Å². The fourth-order valence-electron chi connectivity index (χ4n) is 5.59. The molecule has 0 fully saturated rings. The summed E-state index contributed by atoms with van der Waals surface area (Å²) in [7, 11) is 0. The number of nitrogens with zero attached hydrogens (tertiary/aromatic N) is 1. The third kappa shape index (κ3) is 8.04. The minimum atomic E-state index is -0.632. The Morgan fingerprint density at radius 3 is 1.83 bits per heavy atom. The molecule has 0 radical (unpaired) electrons. The summed E-state index contributed by atoms with van der Waals surface area (Å²) >= 11 is 0. The molecule has 0 aliphatic heterocycles. The zero-order valence-corrected chi connectivity index (χ0v) is 24.8. The van der Waals surface area contributed by atoms with Crippen LogP contribution in [0.15, 0.2) is 66.7 Å². The van der Waals surface area contributed by atoms with Crippen LogP contribution in [0.4, 0.5) is 11.4 Å². The van der Waals surface area contributed by atoms with Crippen molar-refractivity contribution in [3.05, 3.63) is 66.7 Å². The first-order chi connectivity index (χ1) is 20.5. The quantitative estimate of drug-likeness (QED) is 0.0519. The number of fused-ring (bicyclic) bond motifs is 3. The maximum Gasteiger partial charge on any atom is 0.220 e. The number of benzene rings is 3. The van der Waals surface area contributed by atoms with E-state index in [4.69, 9.17) is 12.8 Å². The van der Waals surface area contributed by atoms with Crippen molar-refractivity contribution in [3.63, 3.8) is 0 Å². The molecule has 5 nitrogen and oxygen atoms in total. The molecule has 0 amide bonds. The average molecular weight is 563 g/mol. The van der Waals surface area contributed by atoms with Gasteiger partial charge in [0.25, 0.3) is 0 Å². The molecule has 42 heavy (non-hydrogen) atoms. The first kappa shape index (κ1) is 30.9. The minimum absolute atomic E-state index is 0.631. The molecule has 0 spiro atoms. The van der Waals surface area contributed by atoms with Crippen LogP contribution in [0, 0.1) is 24.7 Å². The van der Waals surface area contributed by atoms with Gasteiger partial charge < -0.3 is 20.8 Å². The molecule has 2 unspecified atom stereocenters. The number of terminal acetylenes is 2. The summed E-state index contributed by atoms with van der Waals surface area (Å²) in [5.41, 5.74) is 5.85. The fourth-order valence-corrected chi connectivity index (χ4v) is 5.59. The number of hydrogen-bond donors (Lipinski definition) is 4. The molecule has 2 atom stereocenters. The fraction of sp³-hybridized carbons (Fsp3) is 0.378. The molecular weight excluding hydrogens is 518 g/mol. The molecule has 3 aromatic carbocycles. The van der Waals surface area contributed by atoms with Gasteiger partial charge >= 0.3 is 0 Å². The highest BCUT2D eigenvalue weighted by Gasteiger charge is 2.23. The van der Waals surface area contributed by atoms with E-state index in [1.807, 2.05) is 0 Å². The molecule has 4 rings (SSSR count). The first-order valence-corrected chi connectivity index (χ1v) is 15.3. The summed E-state index contributed by atoms with van der Waals surface area (Å²) in [6.45, 7) is 4.81. The Hall–Kier alpha value is -4.03. The summed E-state index contributed by atoms with van der Waals surface area (Å²) in [6.07, 6.45) is 16.6.